The molecule has 0 fully saturated rings. The molecule has 7 nitrogen and oxygen atoms in total. The first-order valence-corrected chi connectivity index (χ1v) is 12.0. The summed E-state index contributed by atoms with van der Waals surface area (Å²) in [6.45, 7) is 11.7. The van der Waals surface area contributed by atoms with Crippen molar-refractivity contribution in [1.82, 2.24) is 14.7 Å². The SMILES string of the molecule is C=CCOC[C@@H](O)CN(Cc1c(C)nn(-c2ccccc2)c1Oc1cccc(OC)c1)[C@H](C)CC. The molecule has 1 aromatic heterocycles. The van der Waals surface area contributed by atoms with Gasteiger partial charge in [-0.2, -0.15) is 5.10 Å². The number of methoxy groups -OCH3 is 1. The molecule has 1 N–H and O–H groups in total. The van der Waals surface area contributed by atoms with Crippen LogP contribution in [0.4, 0.5) is 0 Å². The number of hydrogen-bond acceptors (Lipinski definition) is 6. The number of para-hydroxylation sites is 1. The molecule has 35 heavy (non-hydrogen) atoms. The Morgan fingerprint density at radius 3 is 2.57 bits per heavy atom. The molecular weight excluding hydrogens is 442 g/mol. The van der Waals surface area contributed by atoms with E-state index in [1.165, 1.54) is 0 Å². The van der Waals surface area contributed by atoms with Crippen molar-refractivity contribution in [3.63, 3.8) is 0 Å². The van der Waals surface area contributed by atoms with Crippen LogP contribution in [0.5, 0.6) is 17.4 Å². The van der Waals surface area contributed by atoms with Gasteiger partial charge in [0, 0.05) is 25.2 Å². The second kappa shape index (κ2) is 13.1. The average Bonchev–Trinajstić information content (AvgIpc) is 3.18. The highest BCUT2D eigenvalue weighted by atomic mass is 16.5. The van der Waals surface area contributed by atoms with Crippen LogP contribution in [0.1, 0.15) is 31.5 Å². The Bertz CT molecular complexity index is 1070. The Morgan fingerprint density at radius 1 is 1.14 bits per heavy atom. The minimum Gasteiger partial charge on any atom is -0.497 e. The van der Waals surface area contributed by atoms with E-state index in [0.29, 0.717) is 31.3 Å². The molecule has 0 aliphatic heterocycles. The summed E-state index contributed by atoms with van der Waals surface area (Å²) in [5.74, 6) is 2.03. The van der Waals surface area contributed by atoms with E-state index in [1.54, 1.807) is 13.2 Å². The summed E-state index contributed by atoms with van der Waals surface area (Å²) in [6, 6.07) is 17.7. The predicted octanol–water partition coefficient (Wildman–Crippen LogP) is 5.15. The van der Waals surface area contributed by atoms with E-state index in [9.17, 15) is 5.11 Å². The zero-order valence-electron chi connectivity index (χ0n) is 21.2. The lowest BCUT2D eigenvalue weighted by Gasteiger charge is -2.30. The smallest absolute Gasteiger partial charge is 0.227 e. The highest BCUT2D eigenvalue weighted by Crippen LogP contribution is 2.33. The van der Waals surface area contributed by atoms with Gasteiger partial charge in [-0.1, -0.05) is 37.3 Å². The molecule has 0 unspecified atom stereocenters. The third kappa shape index (κ3) is 7.18. The van der Waals surface area contributed by atoms with E-state index in [-0.39, 0.29) is 12.6 Å². The van der Waals surface area contributed by atoms with Crippen molar-refractivity contribution < 1.29 is 19.3 Å². The van der Waals surface area contributed by atoms with Gasteiger partial charge in [-0.05, 0) is 44.5 Å². The number of aryl methyl sites for hydroxylation is 1. The second-order valence-corrected chi connectivity index (χ2v) is 8.56. The van der Waals surface area contributed by atoms with E-state index < -0.39 is 6.10 Å². The third-order valence-corrected chi connectivity index (χ3v) is 5.96. The molecular formula is C28H37N3O4. The second-order valence-electron chi connectivity index (χ2n) is 8.56. The maximum Gasteiger partial charge on any atom is 0.227 e. The van der Waals surface area contributed by atoms with Crippen molar-refractivity contribution in [2.45, 2.75) is 45.9 Å². The van der Waals surface area contributed by atoms with Crippen molar-refractivity contribution in [3.8, 4) is 23.1 Å². The van der Waals surface area contributed by atoms with Crippen molar-refractivity contribution in [3.05, 3.63) is 78.5 Å². The third-order valence-electron chi connectivity index (χ3n) is 5.96. The number of ether oxygens (including phenoxy) is 3. The van der Waals surface area contributed by atoms with E-state index >= 15 is 0 Å². The quantitative estimate of drug-likeness (QED) is 0.255. The molecule has 3 rings (SSSR count). The molecule has 0 saturated heterocycles. The molecule has 0 bridgehead atoms. The number of nitrogens with zero attached hydrogens (tertiary/aromatic N) is 3. The fraction of sp³-hybridized carbons (Fsp3) is 0.393. The molecule has 2 aromatic carbocycles. The van der Waals surface area contributed by atoms with Gasteiger partial charge >= 0.3 is 0 Å². The Balaban J connectivity index is 1.96. The van der Waals surface area contributed by atoms with Gasteiger partial charge in [0.1, 0.15) is 11.5 Å². The lowest BCUT2D eigenvalue weighted by molar-refractivity contribution is 0.0155. The Morgan fingerprint density at radius 2 is 1.89 bits per heavy atom. The maximum absolute atomic E-state index is 10.6. The van der Waals surface area contributed by atoms with Crippen molar-refractivity contribution in [2.24, 2.45) is 0 Å². The largest absolute Gasteiger partial charge is 0.497 e. The lowest BCUT2D eigenvalue weighted by Crippen LogP contribution is -2.40. The van der Waals surface area contributed by atoms with Crippen molar-refractivity contribution in [1.29, 1.82) is 0 Å². The Kier molecular flexibility index (Phi) is 9.90. The summed E-state index contributed by atoms with van der Waals surface area (Å²) in [7, 11) is 1.64. The van der Waals surface area contributed by atoms with Gasteiger partial charge in [-0.15, -0.1) is 6.58 Å². The normalized spacial score (nSPS) is 13.0. The average molecular weight is 480 g/mol. The fourth-order valence-corrected chi connectivity index (χ4v) is 3.82. The first kappa shape index (κ1) is 26.5. The molecule has 0 amide bonds. The minimum absolute atomic E-state index is 0.244. The minimum atomic E-state index is -0.615. The molecule has 0 saturated carbocycles. The Labute approximate surface area is 208 Å². The number of aliphatic hydroxyl groups excluding tert-OH is 1. The maximum atomic E-state index is 10.6. The van der Waals surface area contributed by atoms with Gasteiger partial charge in [-0.25, -0.2) is 4.68 Å². The number of rotatable bonds is 14. The van der Waals surface area contributed by atoms with Gasteiger partial charge in [0.2, 0.25) is 5.88 Å². The van der Waals surface area contributed by atoms with Crippen molar-refractivity contribution in [2.75, 3.05) is 26.9 Å². The van der Waals surface area contributed by atoms with Gasteiger partial charge in [0.05, 0.1) is 43.4 Å². The molecule has 0 spiro atoms. The number of aromatic nitrogens is 2. The summed E-state index contributed by atoms with van der Waals surface area (Å²) in [6.07, 6.45) is 2.01. The summed E-state index contributed by atoms with van der Waals surface area (Å²) < 4.78 is 19.1. The van der Waals surface area contributed by atoms with E-state index in [2.05, 4.69) is 25.3 Å². The van der Waals surface area contributed by atoms with Crippen LogP contribution in [-0.2, 0) is 11.3 Å². The van der Waals surface area contributed by atoms with Crippen LogP contribution in [0.3, 0.4) is 0 Å². The van der Waals surface area contributed by atoms with Gasteiger partial charge < -0.3 is 19.3 Å². The highest BCUT2D eigenvalue weighted by molar-refractivity contribution is 5.44. The zero-order valence-corrected chi connectivity index (χ0v) is 21.2. The van der Waals surface area contributed by atoms with Gasteiger partial charge in [0.25, 0.3) is 0 Å². The molecule has 0 aliphatic carbocycles. The molecule has 188 valence electrons. The van der Waals surface area contributed by atoms with Crippen LogP contribution in [0.25, 0.3) is 5.69 Å². The summed E-state index contributed by atoms with van der Waals surface area (Å²) in [5.41, 5.74) is 2.75. The monoisotopic (exact) mass is 479 g/mol. The molecule has 2 atom stereocenters. The Hall–Kier alpha value is -3.13. The first-order valence-electron chi connectivity index (χ1n) is 12.0. The van der Waals surface area contributed by atoms with Gasteiger partial charge in [-0.3, -0.25) is 4.90 Å². The standard InChI is InChI=1S/C28H37N3O4/c1-6-16-34-20-24(32)18-30(21(3)7-2)19-27-22(4)29-31(23-12-9-8-10-13-23)28(27)35-26-15-11-14-25(17-26)33-5/h6,8-15,17,21,24,32H,1,7,16,18-20H2,2-5H3/t21-,24+/m1/s1. The molecule has 3 aromatic rings. The van der Waals surface area contributed by atoms with E-state index in [1.807, 2.05) is 66.2 Å². The number of hydrogen-bond donors (Lipinski definition) is 1. The van der Waals surface area contributed by atoms with Crippen LogP contribution in [0.2, 0.25) is 0 Å². The summed E-state index contributed by atoms with van der Waals surface area (Å²) in [5, 5.41) is 15.4. The van der Waals surface area contributed by atoms with Gasteiger partial charge in [0.15, 0.2) is 0 Å². The van der Waals surface area contributed by atoms with Crippen LogP contribution >= 0.6 is 0 Å². The molecule has 0 aliphatic rings. The zero-order chi connectivity index (χ0) is 25.2. The van der Waals surface area contributed by atoms with Crippen LogP contribution < -0.4 is 9.47 Å². The van der Waals surface area contributed by atoms with Crippen LogP contribution in [-0.4, -0.2) is 58.8 Å². The topological polar surface area (TPSA) is 69.0 Å². The fourth-order valence-electron chi connectivity index (χ4n) is 3.82. The van der Waals surface area contributed by atoms with Crippen LogP contribution in [0, 0.1) is 6.92 Å². The van der Waals surface area contributed by atoms with Crippen LogP contribution in [0.15, 0.2) is 67.3 Å². The first-order chi connectivity index (χ1) is 17.0. The summed E-state index contributed by atoms with van der Waals surface area (Å²) in [4.78, 5) is 2.25. The molecule has 0 radical (unpaired) electrons. The van der Waals surface area contributed by atoms with E-state index in [0.717, 1.165) is 29.1 Å². The number of aliphatic hydroxyl groups is 1. The summed E-state index contributed by atoms with van der Waals surface area (Å²) >= 11 is 0. The predicted molar refractivity (Wildman–Crippen MR) is 139 cm³/mol. The lowest BCUT2D eigenvalue weighted by atomic mass is 10.1. The molecule has 7 heteroatoms. The molecule has 1 heterocycles. The highest BCUT2D eigenvalue weighted by Gasteiger charge is 2.24. The number of benzene rings is 2. The van der Waals surface area contributed by atoms with E-state index in [4.69, 9.17) is 19.3 Å². The van der Waals surface area contributed by atoms with Crippen molar-refractivity contribution >= 4 is 0 Å².